The minimum atomic E-state index is 0.777. The van der Waals surface area contributed by atoms with E-state index >= 15 is 0 Å². The molecule has 1 fully saturated rings. The van der Waals surface area contributed by atoms with Crippen LogP contribution in [0.2, 0.25) is 0 Å². The fourth-order valence-electron chi connectivity index (χ4n) is 3.79. The first kappa shape index (κ1) is 21.4. The van der Waals surface area contributed by atoms with Crippen LogP contribution in [0.5, 0.6) is 5.75 Å². The summed E-state index contributed by atoms with van der Waals surface area (Å²) < 4.78 is 8.86. The Morgan fingerprint density at radius 2 is 1.80 bits per heavy atom. The summed E-state index contributed by atoms with van der Waals surface area (Å²) in [7, 11) is 1.71. The number of halogens is 1. The average Bonchev–Trinajstić information content (AvgIpc) is 3.15. The average molecular weight is 487 g/mol. The van der Waals surface area contributed by atoms with Crippen LogP contribution in [-0.4, -0.2) is 39.9 Å². The van der Waals surface area contributed by atoms with E-state index in [0.717, 1.165) is 58.7 Å². The van der Waals surface area contributed by atoms with Crippen LogP contribution >= 0.6 is 27.7 Å². The molecule has 0 N–H and O–H groups in total. The summed E-state index contributed by atoms with van der Waals surface area (Å²) >= 11 is 5.28. The summed E-state index contributed by atoms with van der Waals surface area (Å²) in [6, 6.07) is 16.7. The maximum atomic E-state index is 5.54. The third-order valence-electron chi connectivity index (χ3n) is 5.39. The van der Waals surface area contributed by atoms with E-state index in [1.165, 1.54) is 24.8 Å². The predicted molar refractivity (Wildman–Crippen MR) is 125 cm³/mol. The number of piperidine rings is 1. The molecule has 0 aliphatic carbocycles. The molecule has 1 aromatic heterocycles. The van der Waals surface area contributed by atoms with Crippen molar-refractivity contribution in [3.8, 4) is 5.75 Å². The van der Waals surface area contributed by atoms with Crippen LogP contribution in [0.15, 0.2) is 58.2 Å². The largest absolute Gasteiger partial charge is 0.496 e. The Morgan fingerprint density at radius 1 is 1.00 bits per heavy atom. The Balaban J connectivity index is 1.56. The smallest absolute Gasteiger partial charge is 0.191 e. The highest BCUT2D eigenvalue weighted by Gasteiger charge is 2.18. The van der Waals surface area contributed by atoms with E-state index in [-0.39, 0.29) is 0 Å². The zero-order valence-electron chi connectivity index (χ0n) is 17.3. The molecule has 7 heteroatoms. The monoisotopic (exact) mass is 486 g/mol. The minimum absolute atomic E-state index is 0.777. The second kappa shape index (κ2) is 10.5. The van der Waals surface area contributed by atoms with Gasteiger partial charge in [-0.1, -0.05) is 64.4 Å². The van der Waals surface area contributed by atoms with E-state index in [4.69, 9.17) is 4.74 Å². The Labute approximate surface area is 191 Å². The van der Waals surface area contributed by atoms with Gasteiger partial charge in [0.05, 0.1) is 20.2 Å². The highest BCUT2D eigenvalue weighted by atomic mass is 79.9. The van der Waals surface area contributed by atoms with Crippen molar-refractivity contribution in [3.63, 3.8) is 0 Å². The van der Waals surface area contributed by atoms with E-state index in [0.29, 0.717) is 0 Å². The second-order valence-corrected chi connectivity index (χ2v) is 9.41. The lowest BCUT2D eigenvalue weighted by atomic mass is 10.1. The molecule has 1 aliphatic heterocycles. The number of benzene rings is 2. The number of likely N-dealkylation sites (tertiary alicyclic amines) is 1. The maximum Gasteiger partial charge on any atom is 0.191 e. The number of hydrogen-bond acceptors (Lipinski definition) is 5. The molecule has 5 nitrogen and oxygen atoms in total. The molecule has 3 aromatic rings. The fraction of sp³-hybridized carbons (Fsp3) is 0.391. The van der Waals surface area contributed by atoms with Crippen molar-refractivity contribution < 1.29 is 4.74 Å². The van der Waals surface area contributed by atoms with Gasteiger partial charge in [0, 0.05) is 15.8 Å². The predicted octanol–water partition coefficient (Wildman–Crippen LogP) is 5.38. The van der Waals surface area contributed by atoms with Gasteiger partial charge in [-0.2, -0.15) is 0 Å². The molecule has 158 valence electrons. The van der Waals surface area contributed by atoms with Crippen LogP contribution in [0.25, 0.3) is 0 Å². The SMILES string of the molecule is COc1ccc(Br)cc1CSc1nnc(CN2CCCCC2)n1Cc1ccccc1. The normalized spacial score (nSPS) is 14.7. The van der Waals surface area contributed by atoms with Crippen LogP contribution < -0.4 is 4.74 Å². The summed E-state index contributed by atoms with van der Waals surface area (Å²) in [6.45, 7) is 3.95. The molecule has 0 spiro atoms. The number of thioether (sulfide) groups is 1. The molecular formula is C23H27BrN4OS. The Morgan fingerprint density at radius 3 is 2.57 bits per heavy atom. The topological polar surface area (TPSA) is 43.2 Å². The molecule has 30 heavy (non-hydrogen) atoms. The van der Waals surface area contributed by atoms with Gasteiger partial charge in [-0.05, 0) is 49.7 Å². The van der Waals surface area contributed by atoms with Crippen molar-refractivity contribution in [3.05, 3.63) is 70.0 Å². The summed E-state index contributed by atoms with van der Waals surface area (Å²) in [5, 5.41) is 10.1. The van der Waals surface area contributed by atoms with Crippen molar-refractivity contribution >= 4 is 27.7 Å². The van der Waals surface area contributed by atoms with Crippen molar-refractivity contribution in [1.82, 2.24) is 19.7 Å². The van der Waals surface area contributed by atoms with Gasteiger partial charge in [-0.3, -0.25) is 4.90 Å². The van der Waals surface area contributed by atoms with Gasteiger partial charge >= 0.3 is 0 Å². The molecule has 0 saturated carbocycles. The van der Waals surface area contributed by atoms with Crippen LogP contribution in [0.1, 0.15) is 36.2 Å². The third-order valence-corrected chi connectivity index (χ3v) is 6.90. The van der Waals surface area contributed by atoms with E-state index in [9.17, 15) is 0 Å². The second-order valence-electron chi connectivity index (χ2n) is 7.55. The van der Waals surface area contributed by atoms with Crippen molar-refractivity contribution in [1.29, 1.82) is 0 Å². The third kappa shape index (κ3) is 5.45. The van der Waals surface area contributed by atoms with Gasteiger partial charge in [-0.15, -0.1) is 10.2 Å². The highest BCUT2D eigenvalue weighted by Crippen LogP contribution is 2.30. The Hall–Kier alpha value is -1.83. The van der Waals surface area contributed by atoms with Crippen molar-refractivity contribution in [2.24, 2.45) is 0 Å². The van der Waals surface area contributed by atoms with Gasteiger partial charge in [0.2, 0.25) is 0 Å². The molecule has 1 aliphatic rings. The number of rotatable bonds is 8. The number of ether oxygens (including phenoxy) is 1. The summed E-state index contributed by atoms with van der Waals surface area (Å²) in [6.07, 6.45) is 3.89. The molecule has 0 bridgehead atoms. The van der Waals surface area contributed by atoms with Gasteiger partial charge in [0.15, 0.2) is 5.16 Å². The molecule has 0 unspecified atom stereocenters. The number of hydrogen-bond donors (Lipinski definition) is 0. The molecule has 2 heterocycles. The van der Waals surface area contributed by atoms with Gasteiger partial charge in [0.25, 0.3) is 0 Å². The molecule has 0 radical (unpaired) electrons. The van der Waals surface area contributed by atoms with E-state index in [1.54, 1.807) is 18.9 Å². The Kier molecular flexibility index (Phi) is 7.47. The minimum Gasteiger partial charge on any atom is -0.496 e. The van der Waals surface area contributed by atoms with Crippen LogP contribution in [0.4, 0.5) is 0 Å². The lowest BCUT2D eigenvalue weighted by Gasteiger charge is -2.26. The maximum absolute atomic E-state index is 5.54. The van der Waals surface area contributed by atoms with Gasteiger partial charge < -0.3 is 9.30 Å². The van der Waals surface area contributed by atoms with Crippen LogP contribution in [0, 0.1) is 0 Å². The quantitative estimate of drug-likeness (QED) is 0.400. The zero-order chi connectivity index (χ0) is 20.8. The molecule has 2 aromatic carbocycles. The van der Waals surface area contributed by atoms with Crippen molar-refractivity contribution in [2.75, 3.05) is 20.2 Å². The van der Waals surface area contributed by atoms with Gasteiger partial charge in [-0.25, -0.2) is 0 Å². The summed E-state index contributed by atoms with van der Waals surface area (Å²) in [4.78, 5) is 2.50. The van der Waals surface area contributed by atoms with E-state index in [1.807, 2.05) is 12.1 Å². The number of aromatic nitrogens is 3. The van der Waals surface area contributed by atoms with Gasteiger partial charge in [0.1, 0.15) is 11.6 Å². The first-order valence-corrected chi connectivity index (χ1v) is 12.1. The number of methoxy groups -OCH3 is 1. The molecule has 4 rings (SSSR count). The standard InChI is InChI=1S/C23H27BrN4OS/c1-29-21-11-10-20(24)14-19(21)17-30-23-26-25-22(16-27-12-6-3-7-13-27)28(23)15-18-8-4-2-5-9-18/h2,4-5,8-11,14H,3,6-7,12-13,15-17H2,1H3. The molecule has 1 saturated heterocycles. The summed E-state index contributed by atoms with van der Waals surface area (Å²) in [5.41, 5.74) is 2.41. The Bertz CT molecular complexity index is 957. The van der Waals surface area contributed by atoms with Crippen LogP contribution in [-0.2, 0) is 18.8 Å². The number of nitrogens with zero attached hydrogens (tertiary/aromatic N) is 4. The van der Waals surface area contributed by atoms with Crippen LogP contribution in [0.3, 0.4) is 0 Å². The van der Waals surface area contributed by atoms with E-state index in [2.05, 4.69) is 72.0 Å². The first-order chi connectivity index (χ1) is 14.7. The first-order valence-electron chi connectivity index (χ1n) is 10.4. The lowest BCUT2D eigenvalue weighted by molar-refractivity contribution is 0.213. The van der Waals surface area contributed by atoms with E-state index < -0.39 is 0 Å². The molecule has 0 amide bonds. The van der Waals surface area contributed by atoms with Crippen molar-refractivity contribution in [2.45, 2.75) is 43.3 Å². The zero-order valence-corrected chi connectivity index (χ0v) is 19.7. The molecule has 0 atom stereocenters. The fourth-order valence-corrected chi connectivity index (χ4v) is 5.13. The highest BCUT2D eigenvalue weighted by molar-refractivity contribution is 9.10. The molecular weight excluding hydrogens is 460 g/mol. The summed E-state index contributed by atoms with van der Waals surface area (Å²) in [5.74, 6) is 2.72. The lowest BCUT2D eigenvalue weighted by Crippen LogP contribution is -2.30.